The highest BCUT2D eigenvalue weighted by atomic mass is 16.5. The quantitative estimate of drug-likeness (QED) is 0.705. The Balaban J connectivity index is 1.78. The van der Waals surface area contributed by atoms with Crippen molar-refractivity contribution in [1.82, 2.24) is 9.80 Å². The van der Waals surface area contributed by atoms with E-state index in [0.717, 1.165) is 32.8 Å². The predicted octanol–water partition coefficient (Wildman–Crippen LogP) is 1.49. The minimum Gasteiger partial charge on any atom is -0.379 e. The first-order valence-electron chi connectivity index (χ1n) is 7.00. The first kappa shape index (κ1) is 12.2. The smallest absolute Gasteiger partial charge is 0.101 e. The third kappa shape index (κ3) is 1.97. The molecule has 0 aromatic rings. The van der Waals surface area contributed by atoms with Crippen molar-refractivity contribution in [2.45, 2.75) is 39.3 Å². The van der Waals surface area contributed by atoms with Crippen molar-refractivity contribution in [3.05, 3.63) is 11.3 Å². The topological polar surface area (TPSA) is 28.1 Å². The van der Waals surface area contributed by atoms with Crippen molar-refractivity contribution in [2.75, 3.05) is 32.8 Å². The monoisotopic (exact) mass is 249 g/mol. The van der Waals surface area contributed by atoms with Crippen LogP contribution in [0.2, 0.25) is 0 Å². The molecule has 4 nitrogen and oxygen atoms in total. The Morgan fingerprint density at radius 3 is 2.67 bits per heavy atom. The molecule has 4 heteroatoms. The summed E-state index contributed by atoms with van der Waals surface area (Å²) >= 11 is 0. The third-order valence-electron chi connectivity index (χ3n) is 4.56. The molecule has 0 N–H and O–H groups in total. The van der Waals surface area contributed by atoms with E-state index >= 15 is 0 Å². The summed E-state index contributed by atoms with van der Waals surface area (Å²) in [5, 5.41) is 0. The maximum atomic E-state index is 5.45. The maximum Gasteiger partial charge on any atom is 0.101 e. The zero-order valence-electron chi connectivity index (χ0n) is 11.6. The molecule has 0 spiro atoms. The fourth-order valence-corrected chi connectivity index (χ4v) is 3.30. The number of hydrogen-bond acceptors (Lipinski definition) is 4. The number of ether oxygens (including phenoxy) is 1. The molecule has 2 atom stereocenters. The van der Waals surface area contributed by atoms with Gasteiger partial charge in [0.15, 0.2) is 0 Å². The SMILES string of the molecule is CC1=NC(C)C(C)=C2CC(N3CCOCC3)CN12. The van der Waals surface area contributed by atoms with Crippen LogP contribution in [0.3, 0.4) is 0 Å². The first-order valence-corrected chi connectivity index (χ1v) is 7.00. The number of hydrogen-bond donors (Lipinski definition) is 0. The number of fused-ring (bicyclic) bond motifs is 1. The number of morpholine rings is 1. The van der Waals surface area contributed by atoms with Gasteiger partial charge >= 0.3 is 0 Å². The van der Waals surface area contributed by atoms with Gasteiger partial charge in [-0.05, 0) is 26.3 Å². The van der Waals surface area contributed by atoms with E-state index in [4.69, 9.17) is 9.73 Å². The highest BCUT2D eigenvalue weighted by Gasteiger charge is 2.36. The summed E-state index contributed by atoms with van der Waals surface area (Å²) in [6, 6.07) is 1.01. The van der Waals surface area contributed by atoms with Crippen molar-refractivity contribution >= 4 is 5.84 Å². The van der Waals surface area contributed by atoms with Gasteiger partial charge in [0.1, 0.15) is 5.84 Å². The number of nitrogens with zero attached hydrogens (tertiary/aromatic N) is 3. The minimum absolute atomic E-state index is 0.361. The molecule has 2 unspecified atom stereocenters. The summed E-state index contributed by atoms with van der Waals surface area (Å²) in [6.45, 7) is 11.6. The Bertz CT molecular complexity index is 396. The van der Waals surface area contributed by atoms with E-state index in [1.165, 1.54) is 23.5 Å². The van der Waals surface area contributed by atoms with Gasteiger partial charge < -0.3 is 9.64 Å². The summed E-state index contributed by atoms with van der Waals surface area (Å²) in [5.74, 6) is 1.19. The average Bonchev–Trinajstić information content (AvgIpc) is 2.83. The maximum absolute atomic E-state index is 5.45. The number of aliphatic imine (C=N–C) groups is 1. The lowest BCUT2D eigenvalue weighted by atomic mass is 10.0. The Labute approximate surface area is 109 Å². The van der Waals surface area contributed by atoms with Crippen molar-refractivity contribution in [3.8, 4) is 0 Å². The zero-order valence-corrected chi connectivity index (χ0v) is 11.6. The van der Waals surface area contributed by atoms with Gasteiger partial charge in [-0.1, -0.05) is 0 Å². The van der Waals surface area contributed by atoms with Crippen molar-refractivity contribution in [3.63, 3.8) is 0 Å². The lowest BCUT2D eigenvalue weighted by Gasteiger charge is -2.32. The van der Waals surface area contributed by atoms with Gasteiger partial charge in [0.05, 0.1) is 19.3 Å². The molecular weight excluding hydrogens is 226 g/mol. The molecule has 0 saturated carbocycles. The standard InChI is InChI=1S/C14H23N3O/c1-10-11(2)15-12(3)17-9-13(8-14(10)17)16-4-6-18-7-5-16/h11,13H,4-9H2,1-3H3. The molecular formula is C14H23N3O. The third-order valence-corrected chi connectivity index (χ3v) is 4.56. The van der Waals surface area contributed by atoms with Gasteiger partial charge in [0.2, 0.25) is 0 Å². The average molecular weight is 249 g/mol. The summed E-state index contributed by atoms with van der Waals surface area (Å²) in [5.41, 5.74) is 2.97. The molecule has 3 aliphatic rings. The zero-order chi connectivity index (χ0) is 12.7. The van der Waals surface area contributed by atoms with Crippen molar-refractivity contribution in [2.24, 2.45) is 4.99 Å². The lowest BCUT2D eigenvalue weighted by Crippen LogP contribution is -2.45. The minimum atomic E-state index is 0.361. The highest BCUT2D eigenvalue weighted by Crippen LogP contribution is 2.33. The molecule has 2 fully saturated rings. The fourth-order valence-electron chi connectivity index (χ4n) is 3.30. The van der Waals surface area contributed by atoms with Gasteiger partial charge in [0.25, 0.3) is 0 Å². The second-order valence-corrected chi connectivity index (χ2v) is 5.60. The van der Waals surface area contributed by atoms with Crippen LogP contribution in [0.1, 0.15) is 27.2 Å². The Hall–Kier alpha value is -0.870. The second-order valence-electron chi connectivity index (χ2n) is 5.60. The van der Waals surface area contributed by atoms with Crippen LogP contribution >= 0.6 is 0 Å². The van der Waals surface area contributed by atoms with Crippen LogP contribution in [-0.2, 0) is 4.74 Å². The second kappa shape index (κ2) is 4.67. The van der Waals surface area contributed by atoms with Crippen LogP contribution < -0.4 is 0 Å². The van der Waals surface area contributed by atoms with Crippen LogP contribution in [0.25, 0.3) is 0 Å². The molecule has 0 aromatic carbocycles. The van der Waals surface area contributed by atoms with Crippen LogP contribution in [0.5, 0.6) is 0 Å². The van der Waals surface area contributed by atoms with Crippen LogP contribution in [0, 0.1) is 0 Å². The summed E-state index contributed by atoms with van der Waals surface area (Å²) < 4.78 is 5.45. The Morgan fingerprint density at radius 1 is 1.22 bits per heavy atom. The fraction of sp³-hybridized carbons (Fsp3) is 0.786. The molecule has 0 aliphatic carbocycles. The van der Waals surface area contributed by atoms with Crippen molar-refractivity contribution < 1.29 is 4.74 Å². The Morgan fingerprint density at radius 2 is 1.94 bits per heavy atom. The van der Waals surface area contributed by atoms with E-state index in [9.17, 15) is 0 Å². The number of amidine groups is 1. The summed E-state index contributed by atoms with van der Waals surface area (Å²) in [7, 11) is 0. The van der Waals surface area contributed by atoms with E-state index in [1.807, 2.05) is 0 Å². The van der Waals surface area contributed by atoms with Gasteiger partial charge in [-0.2, -0.15) is 0 Å². The summed E-state index contributed by atoms with van der Waals surface area (Å²) in [6.07, 6.45) is 1.18. The molecule has 0 radical (unpaired) electrons. The van der Waals surface area contributed by atoms with E-state index in [1.54, 1.807) is 0 Å². The first-order chi connectivity index (χ1) is 8.66. The van der Waals surface area contributed by atoms with Crippen LogP contribution in [0.4, 0.5) is 0 Å². The molecule has 3 heterocycles. The molecule has 3 aliphatic heterocycles. The molecule has 0 bridgehead atoms. The van der Waals surface area contributed by atoms with Gasteiger partial charge in [-0.15, -0.1) is 0 Å². The van der Waals surface area contributed by atoms with E-state index in [-0.39, 0.29) is 0 Å². The van der Waals surface area contributed by atoms with Crippen LogP contribution in [0.15, 0.2) is 16.3 Å². The van der Waals surface area contributed by atoms with Gasteiger partial charge in [-0.25, -0.2) is 0 Å². The molecule has 3 rings (SSSR count). The molecule has 100 valence electrons. The number of rotatable bonds is 1. The highest BCUT2D eigenvalue weighted by molar-refractivity contribution is 5.83. The molecule has 18 heavy (non-hydrogen) atoms. The molecule has 2 saturated heterocycles. The normalized spacial score (nSPS) is 33.7. The summed E-state index contributed by atoms with van der Waals surface area (Å²) in [4.78, 5) is 9.74. The molecule has 0 amide bonds. The van der Waals surface area contributed by atoms with Gasteiger partial charge in [-0.3, -0.25) is 9.89 Å². The van der Waals surface area contributed by atoms with Gasteiger partial charge in [0, 0.05) is 37.8 Å². The predicted molar refractivity (Wildman–Crippen MR) is 72.8 cm³/mol. The largest absolute Gasteiger partial charge is 0.379 e. The van der Waals surface area contributed by atoms with E-state index in [2.05, 4.69) is 30.6 Å². The van der Waals surface area contributed by atoms with Crippen molar-refractivity contribution in [1.29, 1.82) is 0 Å². The lowest BCUT2D eigenvalue weighted by molar-refractivity contribution is 0.0196. The Kier molecular flexibility index (Phi) is 3.16. The van der Waals surface area contributed by atoms with E-state index < -0.39 is 0 Å². The van der Waals surface area contributed by atoms with E-state index in [0.29, 0.717) is 12.1 Å². The van der Waals surface area contributed by atoms with Crippen LogP contribution in [-0.4, -0.2) is 60.6 Å². The molecule has 0 aromatic heterocycles.